The Bertz CT molecular complexity index is 539. The second-order valence-corrected chi connectivity index (χ2v) is 5.33. The second kappa shape index (κ2) is 4.21. The van der Waals surface area contributed by atoms with Crippen LogP contribution in [0.3, 0.4) is 0 Å². The number of nitrogens with zero attached hydrogens (tertiary/aromatic N) is 3. The van der Waals surface area contributed by atoms with Gasteiger partial charge in [0.2, 0.25) is 15.0 Å². The number of carbonyl (C=O) groups is 1. The summed E-state index contributed by atoms with van der Waals surface area (Å²) in [6.07, 6.45) is 0. The van der Waals surface area contributed by atoms with Crippen LogP contribution in [0.2, 0.25) is 0 Å². The Morgan fingerprint density at radius 3 is 2.67 bits per heavy atom. The van der Waals surface area contributed by atoms with Crippen LogP contribution in [0.25, 0.3) is 0 Å². The van der Waals surface area contributed by atoms with Crippen molar-refractivity contribution in [1.29, 1.82) is 0 Å². The highest BCUT2D eigenvalue weighted by Gasteiger charge is 2.14. The molecule has 0 radical (unpaired) electrons. The summed E-state index contributed by atoms with van der Waals surface area (Å²) in [5, 5.41) is 8.63. The number of nitrogens with two attached hydrogens (primary N) is 1. The maximum atomic E-state index is 11.0. The van der Waals surface area contributed by atoms with E-state index in [1.807, 2.05) is 0 Å². The molecular weight excluding hydrogens is 240 g/mol. The van der Waals surface area contributed by atoms with Gasteiger partial charge in [-0.2, -0.15) is 4.99 Å². The second-order valence-electron chi connectivity index (χ2n) is 2.64. The maximum absolute atomic E-state index is 11.0. The third-order valence-corrected chi connectivity index (χ3v) is 3.65. The average molecular weight is 250 g/mol. The number of amides is 1. The molecule has 0 fully saturated rings. The van der Waals surface area contributed by atoms with Crippen molar-refractivity contribution in [1.82, 2.24) is 9.78 Å². The predicted octanol–water partition coefficient (Wildman–Crippen LogP) is -0.941. The molecular formula is C6H10N4O3S2. The van der Waals surface area contributed by atoms with Gasteiger partial charge in [0, 0.05) is 13.5 Å². The molecule has 0 aliphatic carbocycles. The van der Waals surface area contributed by atoms with Gasteiger partial charge in [-0.15, -0.1) is 5.10 Å². The Hall–Kier alpha value is -1.06. The van der Waals surface area contributed by atoms with Crippen molar-refractivity contribution in [2.75, 3.05) is 0 Å². The van der Waals surface area contributed by atoms with Crippen molar-refractivity contribution >= 4 is 27.3 Å². The van der Waals surface area contributed by atoms with Gasteiger partial charge in [-0.05, 0) is 6.92 Å². The molecule has 84 valence electrons. The molecule has 0 atom stereocenters. The van der Waals surface area contributed by atoms with E-state index in [4.69, 9.17) is 5.14 Å². The third kappa shape index (κ3) is 2.94. The number of aromatic nitrogens is 2. The molecule has 1 aromatic rings. The summed E-state index contributed by atoms with van der Waals surface area (Å²) in [6, 6.07) is 0. The highest BCUT2D eigenvalue weighted by atomic mass is 32.2. The minimum absolute atomic E-state index is 0.231. The van der Waals surface area contributed by atoms with Crippen LogP contribution in [0.5, 0.6) is 0 Å². The summed E-state index contributed by atoms with van der Waals surface area (Å²) in [5.74, 6) is -0.415. The SMILES string of the molecule is CCn1nc(S(N)(=O)=O)sc1=NC(C)=O. The molecule has 0 unspecified atom stereocenters. The van der Waals surface area contributed by atoms with Gasteiger partial charge in [0.25, 0.3) is 10.0 Å². The number of aryl methyl sites for hydroxylation is 1. The number of sulfonamides is 1. The van der Waals surface area contributed by atoms with E-state index in [1.54, 1.807) is 6.92 Å². The van der Waals surface area contributed by atoms with Crippen LogP contribution in [0.15, 0.2) is 9.33 Å². The first kappa shape index (κ1) is 12.0. The molecule has 0 aliphatic heterocycles. The van der Waals surface area contributed by atoms with E-state index in [9.17, 15) is 13.2 Å². The first-order valence-corrected chi connectivity index (χ1v) is 6.37. The van der Waals surface area contributed by atoms with Crippen molar-refractivity contribution in [3.63, 3.8) is 0 Å². The van der Waals surface area contributed by atoms with Crippen molar-refractivity contribution in [3.05, 3.63) is 4.80 Å². The fourth-order valence-corrected chi connectivity index (χ4v) is 2.47. The minimum Gasteiger partial charge on any atom is -0.273 e. The van der Waals surface area contributed by atoms with E-state index in [0.717, 1.165) is 11.3 Å². The summed E-state index contributed by atoms with van der Waals surface area (Å²) in [4.78, 5) is 14.6. The van der Waals surface area contributed by atoms with Crippen molar-refractivity contribution in [2.45, 2.75) is 24.7 Å². The fraction of sp³-hybridized carbons (Fsp3) is 0.500. The lowest BCUT2D eigenvalue weighted by molar-refractivity contribution is -0.116. The highest BCUT2D eigenvalue weighted by molar-refractivity contribution is 7.91. The molecule has 2 N–H and O–H groups in total. The van der Waals surface area contributed by atoms with E-state index >= 15 is 0 Å². The fourth-order valence-electron chi connectivity index (χ4n) is 0.829. The zero-order valence-corrected chi connectivity index (χ0v) is 9.80. The lowest BCUT2D eigenvalue weighted by Crippen LogP contribution is -2.17. The van der Waals surface area contributed by atoms with Crippen LogP contribution < -0.4 is 9.94 Å². The van der Waals surface area contributed by atoms with Crippen LogP contribution >= 0.6 is 11.3 Å². The molecule has 0 bridgehead atoms. The summed E-state index contributed by atoms with van der Waals surface area (Å²) in [5.41, 5.74) is 0. The van der Waals surface area contributed by atoms with E-state index in [-0.39, 0.29) is 9.14 Å². The Morgan fingerprint density at radius 2 is 2.27 bits per heavy atom. The van der Waals surface area contributed by atoms with Gasteiger partial charge in [0.05, 0.1) is 0 Å². The number of carbonyl (C=O) groups excluding carboxylic acids is 1. The topological polar surface area (TPSA) is 107 Å². The summed E-state index contributed by atoms with van der Waals surface area (Å²) in [7, 11) is -3.84. The zero-order valence-electron chi connectivity index (χ0n) is 8.17. The Kier molecular flexibility index (Phi) is 3.37. The van der Waals surface area contributed by atoms with Crippen molar-refractivity contribution in [2.24, 2.45) is 10.1 Å². The van der Waals surface area contributed by atoms with Gasteiger partial charge < -0.3 is 0 Å². The molecule has 0 aromatic carbocycles. The highest BCUT2D eigenvalue weighted by Crippen LogP contribution is 2.04. The number of hydrogen-bond donors (Lipinski definition) is 1. The van der Waals surface area contributed by atoms with Gasteiger partial charge in [-0.3, -0.25) is 4.79 Å². The molecule has 1 amide bonds. The van der Waals surface area contributed by atoms with E-state index in [1.165, 1.54) is 11.6 Å². The normalized spacial score (nSPS) is 13.1. The standard InChI is InChI=1S/C6H10N4O3S2/c1-3-10-5(8-4(2)11)14-6(9-10)15(7,12)13/h3H2,1-2H3,(H2,7,12,13). The van der Waals surface area contributed by atoms with Gasteiger partial charge >= 0.3 is 0 Å². The molecule has 1 aromatic heterocycles. The van der Waals surface area contributed by atoms with Gasteiger partial charge in [0.15, 0.2) is 0 Å². The monoisotopic (exact) mass is 250 g/mol. The lowest BCUT2D eigenvalue weighted by Gasteiger charge is -1.91. The molecule has 7 nitrogen and oxygen atoms in total. The minimum atomic E-state index is -3.84. The lowest BCUT2D eigenvalue weighted by atomic mass is 10.7. The van der Waals surface area contributed by atoms with Crippen molar-refractivity contribution in [3.8, 4) is 0 Å². The first-order chi connectivity index (χ1) is 6.84. The summed E-state index contributed by atoms with van der Waals surface area (Å²) >= 11 is 0.771. The Balaban J connectivity index is 3.43. The van der Waals surface area contributed by atoms with Gasteiger partial charge in [-0.1, -0.05) is 11.3 Å². The zero-order chi connectivity index (χ0) is 11.6. The van der Waals surface area contributed by atoms with E-state index < -0.39 is 15.9 Å². The molecule has 1 rings (SSSR count). The van der Waals surface area contributed by atoms with Crippen molar-refractivity contribution < 1.29 is 13.2 Å². The molecule has 1 heterocycles. The molecule has 9 heteroatoms. The molecule has 0 saturated heterocycles. The first-order valence-electron chi connectivity index (χ1n) is 4.00. The van der Waals surface area contributed by atoms with Gasteiger partial charge in [0.1, 0.15) is 0 Å². The Morgan fingerprint density at radius 1 is 1.67 bits per heavy atom. The maximum Gasteiger partial charge on any atom is 0.267 e. The molecule has 15 heavy (non-hydrogen) atoms. The number of hydrogen-bond acceptors (Lipinski definition) is 5. The largest absolute Gasteiger partial charge is 0.273 e. The summed E-state index contributed by atoms with van der Waals surface area (Å²) in [6.45, 7) is 3.44. The predicted molar refractivity (Wildman–Crippen MR) is 53.4 cm³/mol. The molecule has 0 saturated carbocycles. The average Bonchev–Trinajstić information content (AvgIpc) is 2.45. The van der Waals surface area contributed by atoms with E-state index in [2.05, 4.69) is 10.1 Å². The Labute approximate surface area is 90.3 Å². The quantitative estimate of drug-likeness (QED) is 0.730. The smallest absolute Gasteiger partial charge is 0.267 e. The van der Waals surface area contributed by atoms with Crippen LogP contribution in [0.4, 0.5) is 0 Å². The van der Waals surface area contributed by atoms with Gasteiger partial charge in [-0.25, -0.2) is 18.2 Å². The van der Waals surface area contributed by atoms with E-state index in [0.29, 0.717) is 6.54 Å². The number of rotatable bonds is 2. The van der Waals surface area contributed by atoms with Crippen LogP contribution in [-0.2, 0) is 21.4 Å². The molecule has 0 spiro atoms. The summed E-state index contributed by atoms with van der Waals surface area (Å²) < 4.78 is 23.0. The number of primary sulfonamides is 1. The molecule has 0 aliphatic rings. The van der Waals surface area contributed by atoms with Crippen LogP contribution in [0.1, 0.15) is 13.8 Å². The van der Waals surface area contributed by atoms with Crippen LogP contribution in [0, 0.1) is 0 Å². The third-order valence-electron chi connectivity index (χ3n) is 1.40. The van der Waals surface area contributed by atoms with Crippen LogP contribution in [-0.4, -0.2) is 24.1 Å².